The fourth-order valence-corrected chi connectivity index (χ4v) is 4.58. The molecule has 33 heavy (non-hydrogen) atoms. The number of nitrogens with one attached hydrogen (secondary N) is 2. The van der Waals surface area contributed by atoms with Crippen molar-refractivity contribution in [2.45, 2.75) is 37.7 Å². The van der Waals surface area contributed by atoms with Gasteiger partial charge in [-0.2, -0.15) is 0 Å². The number of nitrogens with two attached hydrogens (primary N) is 1. The normalized spacial score (nSPS) is 20.7. The molecule has 4 rings (SSSR count). The molecule has 1 aromatic heterocycles. The summed E-state index contributed by atoms with van der Waals surface area (Å²) in [5, 5.41) is 15.4. The number of rotatable bonds is 6. The van der Waals surface area contributed by atoms with Crippen LogP contribution in [-0.2, 0) is 11.2 Å². The van der Waals surface area contributed by atoms with Gasteiger partial charge in [0.25, 0.3) is 0 Å². The minimum Gasteiger partial charge on any atom is -0.406 e. The van der Waals surface area contributed by atoms with Gasteiger partial charge in [0.2, 0.25) is 11.0 Å². The average Bonchev–Trinajstić information content (AvgIpc) is 3.20. The monoisotopic (exact) mass is 480 g/mol. The van der Waals surface area contributed by atoms with E-state index in [9.17, 15) is 18.0 Å². The highest BCUT2D eigenvalue weighted by molar-refractivity contribution is 7.15. The minimum absolute atomic E-state index is 0.0730. The van der Waals surface area contributed by atoms with Crippen LogP contribution >= 0.6 is 11.3 Å². The zero-order valence-electron chi connectivity index (χ0n) is 17.5. The third kappa shape index (κ3) is 6.37. The maximum atomic E-state index is 12.4. The Morgan fingerprint density at radius 3 is 2.91 bits per heavy atom. The number of carbonyl (C=O) groups excluding carboxylic acids is 1. The zero-order valence-corrected chi connectivity index (χ0v) is 18.3. The molecular weight excluding hydrogens is 457 g/mol. The van der Waals surface area contributed by atoms with E-state index in [0.29, 0.717) is 10.7 Å². The van der Waals surface area contributed by atoms with Gasteiger partial charge < -0.3 is 26.0 Å². The van der Waals surface area contributed by atoms with Crippen LogP contribution in [0.3, 0.4) is 0 Å². The van der Waals surface area contributed by atoms with Gasteiger partial charge in [-0.1, -0.05) is 23.5 Å². The summed E-state index contributed by atoms with van der Waals surface area (Å²) in [6.07, 6.45) is 2.41. The number of nitrogens with zero attached hydrogens (tertiary/aromatic N) is 3. The highest BCUT2D eigenvalue weighted by Crippen LogP contribution is 2.31. The highest BCUT2D eigenvalue weighted by atomic mass is 32.1. The molecule has 1 fully saturated rings. The standard InChI is InChI=1S/C21H23F3N6O2S/c22-21(23,24)32-16-5-1-3-13(9-16)10-18(31)27-17-7-6-15(11-26-17)30-8-2-4-14(12-30)19-28-29-20(25)33-19/h1,3,5-7,9,11,14,17,26H,2,4,8,10,12H2,(H2,25,29)(H,27,31). The van der Waals surface area contributed by atoms with Crippen LogP contribution in [0.2, 0.25) is 0 Å². The lowest BCUT2D eigenvalue weighted by molar-refractivity contribution is -0.274. The molecule has 12 heteroatoms. The number of allylic oxidation sites excluding steroid dienone is 1. The van der Waals surface area contributed by atoms with E-state index in [2.05, 4.69) is 30.5 Å². The third-order valence-corrected chi connectivity index (χ3v) is 6.19. The maximum absolute atomic E-state index is 12.4. The molecule has 1 amide bonds. The van der Waals surface area contributed by atoms with Gasteiger partial charge in [-0.05, 0) is 42.7 Å². The van der Waals surface area contributed by atoms with Gasteiger partial charge in [0, 0.05) is 25.2 Å². The molecule has 0 saturated carbocycles. The molecule has 8 nitrogen and oxygen atoms in total. The van der Waals surface area contributed by atoms with Crippen molar-refractivity contribution in [1.82, 2.24) is 25.7 Å². The summed E-state index contributed by atoms with van der Waals surface area (Å²) in [5.41, 5.74) is 7.13. The molecular formula is C21H23F3N6O2S. The van der Waals surface area contributed by atoms with E-state index in [0.717, 1.165) is 36.6 Å². The second-order valence-electron chi connectivity index (χ2n) is 7.78. The molecule has 0 bridgehead atoms. The Hall–Kier alpha value is -3.28. The topological polar surface area (TPSA) is 105 Å². The number of piperidine rings is 1. The number of hydrogen-bond donors (Lipinski definition) is 3. The first-order chi connectivity index (χ1) is 15.7. The van der Waals surface area contributed by atoms with Crippen LogP contribution in [-0.4, -0.2) is 46.6 Å². The highest BCUT2D eigenvalue weighted by Gasteiger charge is 2.31. The summed E-state index contributed by atoms with van der Waals surface area (Å²) in [6.45, 7) is 1.72. The number of dihydropyridines is 1. The fraction of sp³-hybridized carbons (Fsp3) is 0.381. The van der Waals surface area contributed by atoms with Gasteiger partial charge in [0.15, 0.2) is 0 Å². The lowest BCUT2D eigenvalue weighted by atomic mass is 9.98. The molecule has 0 spiro atoms. The largest absolute Gasteiger partial charge is 0.573 e. The minimum atomic E-state index is -4.78. The number of alkyl halides is 3. The number of anilines is 1. The predicted molar refractivity (Wildman–Crippen MR) is 117 cm³/mol. The zero-order chi connectivity index (χ0) is 23.4. The Morgan fingerprint density at radius 1 is 1.36 bits per heavy atom. The molecule has 1 aromatic carbocycles. The molecule has 2 aliphatic rings. The number of amides is 1. The first kappa shape index (κ1) is 22.9. The van der Waals surface area contributed by atoms with Gasteiger partial charge in [0.1, 0.15) is 16.9 Å². The summed E-state index contributed by atoms with van der Waals surface area (Å²) in [7, 11) is 0. The molecule has 3 heterocycles. The Balaban J connectivity index is 1.28. The SMILES string of the molecule is Nc1nnc(C2CCCN(C3=CNC(NC(=O)Cc4cccc(OC(F)(F)F)c4)C=C3)C2)s1. The van der Waals surface area contributed by atoms with E-state index in [1.54, 1.807) is 6.07 Å². The fourth-order valence-electron chi connectivity index (χ4n) is 3.85. The van der Waals surface area contributed by atoms with Crippen LogP contribution in [0, 0.1) is 0 Å². The Morgan fingerprint density at radius 2 is 2.21 bits per heavy atom. The van der Waals surface area contributed by atoms with Crippen LogP contribution in [0.1, 0.15) is 29.3 Å². The number of nitrogen functional groups attached to an aromatic ring is 1. The van der Waals surface area contributed by atoms with Crippen molar-refractivity contribution in [2.75, 3.05) is 18.8 Å². The van der Waals surface area contributed by atoms with Crippen molar-refractivity contribution in [2.24, 2.45) is 0 Å². The molecule has 2 aromatic rings. The van der Waals surface area contributed by atoms with E-state index >= 15 is 0 Å². The molecule has 0 radical (unpaired) electrons. The summed E-state index contributed by atoms with van der Waals surface area (Å²) < 4.78 is 41.0. The van der Waals surface area contributed by atoms with E-state index < -0.39 is 12.5 Å². The average molecular weight is 481 g/mol. The van der Waals surface area contributed by atoms with Gasteiger partial charge >= 0.3 is 6.36 Å². The summed E-state index contributed by atoms with van der Waals surface area (Å²) in [5.74, 6) is -0.408. The molecule has 2 atom stereocenters. The second-order valence-corrected chi connectivity index (χ2v) is 8.82. The lowest BCUT2D eigenvalue weighted by Gasteiger charge is -2.35. The lowest BCUT2D eigenvalue weighted by Crippen LogP contribution is -2.45. The summed E-state index contributed by atoms with van der Waals surface area (Å²) in [4.78, 5) is 14.6. The number of halogens is 3. The van der Waals surface area contributed by atoms with Crippen molar-refractivity contribution in [3.05, 3.63) is 58.9 Å². The van der Waals surface area contributed by atoms with Crippen molar-refractivity contribution >= 4 is 22.4 Å². The van der Waals surface area contributed by atoms with Gasteiger partial charge in [-0.25, -0.2) is 0 Å². The molecule has 4 N–H and O–H groups in total. The van der Waals surface area contributed by atoms with E-state index in [1.807, 2.05) is 18.4 Å². The van der Waals surface area contributed by atoms with Crippen LogP contribution in [0.15, 0.2) is 48.3 Å². The van der Waals surface area contributed by atoms with Crippen LogP contribution in [0.25, 0.3) is 0 Å². The molecule has 2 unspecified atom stereocenters. The first-order valence-electron chi connectivity index (χ1n) is 10.4. The van der Waals surface area contributed by atoms with Gasteiger partial charge in [-0.15, -0.1) is 23.4 Å². The second kappa shape index (κ2) is 9.69. The summed E-state index contributed by atoms with van der Waals surface area (Å²) in [6, 6.07) is 5.38. The van der Waals surface area contributed by atoms with Crippen molar-refractivity contribution in [1.29, 1.82) is 0 Å². The number of carbonyl (C=O) groups is 1. The Bertz CT molecular complexity index is 1050. The Kier molecular flexibility index (Phi) is 6.72. The quantitative estimate of drug-likeness (QED) is 0.584. The van der Waals surface area contributed by atoms with E-state index in [1.165, 1.54) is 29.5 Å². The van der Waals surface area contributed by atoms with E-state index in [-0.39, 0.29) is 24.0 Å². The smallest absolute Gasteiger partial charge is 0.406 e. The van der Waals surface area contributed by atoms with Crippen molar-refractivity contribution < 1.29 is 22.7 Å². The van der Waals surface area contributed by atoms with Crippen LogP contribution < -0.4 is 21.1 Å². The van der Waals surface area contributed by atoms with Gasteiger partial charge in [0.05, 0.1) is 12.1 Å². The Labute approximate surface area is 192 Å². The number of ether oxygens (including phenoxy) is 1. The number of aromatic nitrogens is 2. The molecule has 0 aliphatic carbocycles. The maximum Gasteiger partial charge on any atom is 0.573 e. The number of benzene rings is 1. The molecule has 1 saturated heterocycles. The number of likely N-dealkylation sites (tertiary alicyclic amines) is 1. The van der Waals surface area contributed by atoms with E-state index in [4.69, 9.17) is 5.73 Å². The molecule has 176 valence electrons. The van der Waals surface area contributed by atoms with Crippen molar-refractivity contribution in [3.63, 3.8) is 0 Å². The van der Waals surface area contributed by atoms with Crippen LogP contribution in [0.5, 0.6) is 5.75 Å². The van der Waals surface area contributed by atoms with Crippen LogP contribution in [0.4, 0.5) is 18.3 Å². The van der Waals surface area contributed by atoms with Gasteiger partial charge in [-0.3, -0.25) is 4.79 Å². The molecule has 2 aliphatic heterocycles. The first-order valence-corrected chi connectivity index (χ1v) is 11.2. The van der Waals surface area contributed by atoms with Crippen molar-refractivity contribution in [3.8, 4) is 5.75 Å². The summed E-state index contributed by atoms with van der Waals surface area (Å²) >= 11 is 1.42. The third-order valence-electron chi connectivity index (χ3n) is 5.28. The number of hydrogen-bond acceptors (Lipinski definition) is 8. The predicted octanol–water partition coefficient (Wildman–Crippen LogP) is 2.88.